The molecule has 1 aliphatic rings. The van der Waals surface area contributed by atoms with Crippen molar-refractivity contribution >= 4 is 0 Å². The fourth-order valence-corrected chi connectivity index (χ4v) is 3.67. The van der Waals surface area contributed by atoms with Crippen LogP contribution in [-0.2, 0) is 19.4 Å². The van der Waals surface area contributed by atoms with Crippen molar-refractivity contribution in [3.8, 4) is 17.2 Å². The molecule has 3 heterocycles. The first-order valence-electron chi connectivity index (χ1n) is 9.04. The Hall–Kier alpha value is -3.55. The summed E-state index contributed by atoms with van der Waals surface area (Å²) >= 11 is 0. The van der Waals surface area contributed by atoms with Gasteiger partial charge in [-0.05, 0) is 61.2 Å². The maximum atomic E-state index is 13.3. The van der Waals surface area contributed by atoms with Crippen LogP contribution in [0.1, 0.15) is 23.4 Å². The molecule has 28 heavy (non-hydrogen) atoms. The van der Waals surface area contributed by atoms with E-state index in [1.165, 1.54) is 16.7 Å². The highest BCUT2D eigenvalue weighted by Crippen LogP contribution is 2.28. The average molecular weight is 377 g/mol. The van der Waals surface area contributed by atoms with Crippen LogP contribution in [0.4, 0.5) is 4.39 Å². The molecule has 0 unspecified atom stereocenters. The molecule has 140 valence electrons. The van der Waals surface area contributed by atoms with Crippen LogP contribution in [0.5, 0.6) is 0 Å². The summed E-state index contributed by atoms with van der Waals surface area (Å²) in [6.07, 6.45) is 4.45. The van der Waals surface area contributed by atoms with Gasteiger partial charge in [0.25, 0.3) is 0 Å². The number of hydrogen-bond acceptors (Lipinski definition) is 5. The number of fused-ring (bicyclic) bond motifs is 1. The topological polar surface area (TPSA) is 78.7 Å². The fourth-order valence-electron chi connectivity index (χ4n) is 3.67. The van der Waals surface area contributed by atoms with Crippen molar-refractivity contribution in [3.63, 3.8) is 0 Å². The van der Waals surface area contributed by atoms with E-state index >= 15 is 0 Å². The van der Waals surface area contributed by atoms with E-state index in [9.17, 15) is 9.18 Å². The van der Waals surface area contributed by atoms with Crippen LogP contribution in [0.25, 0.3) is 17.2 Å². The lowest BCUT2D eigenvalue weighted by atomic mass is 10.2. The standard InChI is InChI=1S/C20H16FN5O2/c21-13-7-9-14(10-8-13)26-18-6-3-4-15(18)17(23-26)12-25-19(24-28-20(25)27)16-5-1-2-11-22-16/h1-2,5,7-11H,3-4,6,12H2. The Bertz CT molecular complexity index is 1190. The number of rotatable bonds is 4. The molecule has 0 fully saturated rings. The second-order valence-electron chi connectivity index (χ2n) is 6.69. The highest BCUT2D eigenvalue weighted by atomic mass is 19.1. The van der Waals surface area contributed by atoms with Crippen LogP contribution in [0.15, 0.2) is 58.0 Å². The van der Waals surface area contributed by atoms with Crippen molar-refractivity contribution < 1.29 is 8.91 Å². The third-order valence-electron chi connectivity index (χ3n) is 4.97. The van der Waals surface area contributed by atoms with Crippen molar-refractivity contribution in [2.24, 2.45) is 0 Å². The van der Waals surface area contributed by atoms with Crippen molar-refractivity contribution in [2.75, 3.05) is 0 Å². The Morgan fingerprint density at radius 3 is 2.75 bits per heavy atom. The minimum absolute atomic E-state index is 0.241. The quantitative estimate of drug-likeness (QED) is 0.546. The molecule has 0 amide bonds. The summed E-state index contributed by atoms with van der Waals surface area (Å²) in [7, 11) is 0. The largest absolute Gasteiger partial charge is 0.442 e. The van der Waals surface area contributed by atoms with Crippen LogP contribution in [0, 0.1) is 5.82 Å². The third-order valence-corrected chi connectivity index (χ3v) is 4.97. The van der Waals surface area contributed by atoms with Gasteiger partial charge in [0.15, 0.2) is 0 Å². The molecule has 0 N–H and O–H groups in total. The summed E-state index contributed by atoms with van der Waals surface area (Å²) in [5.74, 6) is -0.471. The Morgan fingerprint density at radius 2 is 1.96 bits per heavy atom. The van der Waals surface area contributed by atoms with E-state index in [2.05, 4.69) is 10.1 Å². The molecule has 0 saturated carbocycles. The van der Waals surface area contributed by atoms with Gasteiger partial charge in [0.2, 0.25) is 5.82 Å². The lowest BCUT2D eigenvalue weighted by Crippen LogP contribution is -2.17. The minimum atomic E-state index is -0.552. The smallest absolute Gasteiger partial charge is 0.295 e. The minimum Gasteiger partial charge on any atom is -0.295 e. The monoisotopic (exact) mass is 377 g/mol. The number of aromatic nitrogens is 5. The molecule has 0 saturated heterocycles. The summed E-state index contributed by atoms with van der Waals surface area (Å²) in [6.45, 7) is 0.241. The molecule has 0 bridgehead atoms. The second-order valence-corrected chi connectivity index (χ2v) is 6.69. The van der Waals surface area contributed by atoms with Gasteiger partial charge in [-0.25, -0.2) is 18.4 Å². The predicted octanol–water partition coefficient (Wildman–Crippen LogP) is 2.76. The first-order chi connectivity index (χ1) is 13.7. The summed E-state index contributed by atoms with van der Waals surface area (Å²) in [4.78, 5) is 16.5. The second kappa shape index (κ2) is 6.56. The van der Waals surface area contributed by atoms with Gasteiger partial charge in [0, 0.05) is 11.9 Å². The normalized spacial score (nSPS) is 13.0. The zero-order chi connectivity index (χ0) is 19.1. The lowest BCUT2D eigenvalue weighted by molar-refractivity contribution is 0.377. The summed E-state index contributed by atoms with van der Waals surface area (Å²) in [6, 6.07) is 11.6. The first-order valence-corrected chi connectivity index (χ1v) is 9.04. The Kier molecular flexibility index (Phi) is 3.89. The van der Waals surface area contributed by atoms with Gasteiger partial charge in [-0.1, -0.05) is 11.2 Å². The van der Waals surface area contributed by atoms with Crippen molar-refractivity contribution in [1.29, 1.82) is 0 Å². The zero-order valence-electron chi connectivity index (χ0n) is 14.9. The van der Waals surface area contributed by atoms with Crippen molar-refractivity contribution in [1.82, 2.24) is 24.5 Å². The van der Waals surface area contributed by atoms with Gasteiger partial charge >= 0.3 is 5.76 Å². The molecular weight excluding hydrogens is 361 g/mol. The molecule has 0 aliphatic heterocycles. The van der Waals surface area contributed by atoms with Gasteiger partial charge in [0.1, 0.15) is 11.5 Å². The van der Waals surface area contributed by atoms with Gasteiger partial charge < -0.3 is 0 Å². The van der Waals surface area contributed by atoms with E-state index in [4.69, 9.17) is 9.62 Å². The van der Waals surface area contributed by atoms with E-state index in [0.29, 0.717) is 11.5 Å². The van der Waals surface area contributed by atoms with Crippen molar-refractivity contribution in [3.05, 3.63) is 82.0 Å². The van der Waals surface area contributed by atoms with E-state index in [-0.39, 0.29) is 12.4 Å². The zero-order valence-corrected chi connectivity index (χ0v) is 14.9. The Labute approximate surface area is 159 Å². The molecule has 0 atom stereocenters. The Morgan fingerprint density at radius 1 is 1.11 bits per heavy atom. The number of hydrogen-bond donors (Lipinski definition) is 0. The van der Waals surface area contributed by atoms with E-state index in [1.54, 1.807) is 30.5 Å². The molecule has 5 rings (SSSR count). The fraction of sp³-hybridized carbons (Fsp3) is 0.200. The number of benzene rings is 1. The SMILES string of the molecule is O=c1onc(-c2ccccn2)n1Cc1nn(-c2ccc(F)cc2)c2c1CCC2. The van der Waals surface area contributed by atoms with Crippen LogP contribution in [0.2, 0.25) is 0 Å². The van der Waals surface area contributed by atoms with Gasteiger partial charge in [-0.3, -0.25) is 9.51 Å². The molecule has 0 radical (unpaired) electrons. The maximum Gasteiger partial charge on any atom is 0.442 e. The van der Waals surface area contributed by atoms with Crippen LogP contribution in [-0.4, -0.2) is 24.5 Å². The summed E-state index contributed by atoms with van der Waals surface area (Å²) < 4.78 is 21.5. The summed E-state index contributed by atoms with van der Waals surface area (Å²) in [5, 5.41) is 8.61. The van der Waals surface area contributed by atoms with Gasteiger partial charge in [-0.15, -0.1) is 0 Å². The molecule has 1 aromatic carbocycles. The molecule has 8 heteroatoms. The van der Waals surface area contributed by atoms with Crippen LogP contribution in [0.3, 0.4) is 0 Å². The van der Waals surface area contributed by atoms with E-state index in [1.807, 2.05) is 10.7 Å². The highest BCUT2D eigenvalue weighted by Gasteiger charge is 2.25. The Balaban J connectivity index is 1.58. The molecule has 7 nitrogen and oxygen atoms in total. The average Bonchev–Trinajstić information content (AvgIpc) is 3.41. The maximum absolute atomic E-state index is 13.3. The summed E-state index contributed by atoms with van der Waals surface area (Å²) in [5.41, 5.74) is 4.38. The van der Waals surface area contributed by atoms with E-state index < -0.39 is 5.76 Å². The van der Waals surface area contributed by atoms with Gasteiger partial charge in [0.05, 0.1) is 17.9 Å². The lowest BCUT2D eigenvalue weighted by Gasteiger charge is -2.05. The number of halogens is 1. The molecule has 0 spiro atoms. The number of nitrogens with zero attached hydrogens (tertiary/aromatic N) is 5. The molecular formula is C20H16FN5O2. The highest BCUT2D eigenvalue weighted by molar-refractivity contribution is 5.48. The first kappa shape index (κ1) is 16.6. The predicted molar refractivity (Wildman–Crippen MR) is 98.6 cm³/mol. The van der Waals surface area contributed by atoms with Crippen LogP contribution >= 0.6 is 0 Å². The van der Waals surface area contributed by atoms with Gasteiger partial charge in [-0.2, -0.15) is 5.10 Å². The van der Waals surface area contributed by atoms with Crippen molar-refractivity contribution in [2.45, 2.75) is 25.8 Å². The third kappa shape index (κ3) is 2.74. The molecule has 3 aromatic heterocycles. The molecule has 4 aromatic rings. The molecule has 1 aliphatic carbocycles. The van der Waals surface area contributed by atoms with E-state index in [0.717, 1.165) is 41.9 Å². The van der Waals surface area contributed by atoms with Crippen LogP contribution < -0.4 is 5.76 Å². The number of pyridine rings is 1.